The van der Waals surface area contributed by atoms with Crippen LogP contribution in [0.2, 0.25) is 0 Å². The van der Waals surface area contributed by atoms with Crippen molar-refractivity contribution in [1.29, 1.82) is 0 Å². The number of fused-ring (bicyclic) bond motifs is 1. The predicted molar refractivity (Wildman–Crippen MR) is 225 cm³/mol. The molecule has 9 N–H and O–H groups in total. The quantitative estimate of drug-likeness (QED) is 0.0572. The number of urea groups is 1. The molecule has 1 heterocycles. The third-order valence-electron chi connectivity index (χ3n) is 9.69. The number of anilines is 1. The largest absolute Gasteiger partial charge is 0.481 e. The van der Waals surface area contributed by atoms with Gasteiger partial charge in [-0.1, -0.05) is 66.7 Å². The zero-order valence-corrected chi connectivity index (χ0v) is 34.2. The number of carboxylic acid groups (broad SMARTS) is 1. The molecule has 320 valence electrons. The molecule has 4 aromatic rings. The molecule has 0 fully saturated rings. The van der Waals surface area contributed by atoms with Gasteiger partial charge in [0.05, 0.1) is 12.5 Å². The van der Waals surface area contributed by atoms with Crippen LogP contribution in [0, 0.1) is 6.92 Å². The molecule has 17 heteroatoms. The second-order valence-corrected chi connectivity index (χ2v) is 14.7. The van der Waals surface area contributed by atoms with Crippen molar-refractivity contribution in [2.75, 3.05) is 18.9 Å². The zero-order chi connectivity index (χ0) is 43.8. The molecule has 0 saturated carbocycles. The highest BCUT2D eigenvalue weighted by molar-refractivity contribution is 5.97. The summed E-state index contributed by atoms with van der Waals surface area (Å²) in [7, 11) is 1.23. The number of aliphatic carboxylic acids is 1. The fourth-order valence-corrected chi connectivity index (χ4v) is 6.52. The van der Waals surface area contributed by atoms with Crippen LogP contribution in [-0.4, -0.2) is 101 Å². The van der Waals surface area contributed by atoms with Crippen molar-refractivity contribution in [3.05, 3.63) is 102 Å². The van der Waals surface area contributed by atoms with Gasteiger partial charge in [0.1, 0.15) is 24.2 Å². The molecule has 0 radical (unpaired) electrons. The van der Waals surface area contributed by atoms with Crippen molar-refractivity contribution in [2.45, 2.75) is 89.6 Å². The van der Waals surface area contributed by atoms with Crippen LogP contribution in [-0.2, 0) is 41.6 Å². The summed E-state index contributed by atoms with van der Waals surface area (Å²) in [6.07, 6.45) is 0.157. The van der Waals surface area contributed by atoms with Crippen LogP contribution in [0.4, 0.5) is 15.3 Å². The first-order chi connectivity index (χ1) is 28.6. The maximum atomic E-state index is 14.4. The van der Waals surface area contributed by atoms with E-state index < -0.39 is 78.4 Å². The number of nitrogens with one attached hydrogen (secondary N) is 6. The first kappa shape index (κ1) is 45.8. The highest BCUT2D eigenvalue weighted by atomic mass is 16.6. The number of alkyl carbamates (subject to hydrolysis) is 1. The SMILES string of the molecule is Cc1ccccc1NC(=O)NCCCC[C@H](NC(=O)[C@H](Cc1c[nH]c2ccccc12)NC(=O)OC(C)C)C(=O)N(C)[C@@H](CC(=O)O)C(=O)N[C@@H](Cc1ccccc1)C(N)=O. The summed E-state index contributed by atoms with van der Waals surface area (Å²) in [4.78, 5) is 96.2. The van der Waals surface area contributed by atoms with Gasteiger partial charge in [-0.05, 0) is 68.9 Å². The van der Waals surface area contributed by atoms with Crippen molar-refractivity contribution in [2.24, 2.45) is 5.73 Å². The number of carboxylic acids is 1. The number of hydrogen-bond donors (Lipinski definition) is 8. The highest BCUT2D eigenvalue weighted by Gasteiger charge is 2.36. The Balaban J connectivity index is 1.56. The average Bonchev–Trinajstić information content (AvgIpc) is 3.61. The van der Waals surface area contributed by atoms with Crippen molar-refractivity contribution in [3.8, 4) is 0 Å². The Morgan fingerprint density at radius 2 is 1.47 bits per heavy atom. The summed E-state index contributed by atoms with van der Waals surface area (Å²) in [6, 6.07) is 17.5. The molecule has 0 bridgehead atoms. The summed E-state index contributed by atoms with van der Waals surface area (Å²) >= 11 is 0. The fourth-order valence-electron chi connectivity index (χ4n) is 6.52. The van der Waals surface area contributed by atoms with Gasteiger partial charge in [0.2, 0.25) is 23.6 Å². The fraction of sp³-hybridized carbons (Fsp3) is 0.372. The number of primary amides is 1. The van der Waals surface area contributed by atoms with E-state index in [9.17, 15) is 38.7 Å². The second kappa shape index (κ2) is 22.3. The number of para-hydroxylation sites is 2. The molecule has 0 aliphatic carbocycles. The molecule has 0 aliphatic rings. The summed E-state index contributed by atoms with van der Waals surface area (Å²) in [5, 5.41) is 24.0. The lowest BCUT2D eigenvalue weighted by atomic mass is 10.0. The van der Waals surface area contributed by atoms with Gasteiger partial charge in [-0.2, -0.15) is 0 Å². The highest BCUT2D eigenvalue weighted by Crippen LogP contribution is 2.20. The Kier molecular flexibility index (Phi) is 17.0. The lowest BCUT2D eigenvalue weighted by Gasteiger charge is -2.32. The molecule has 17 nitrogen and oxygen atoms in total. The van der Waals surface area contributed by atoms with Gasteiger partial charge in [-0.15, -0.1) is 0 Å². The van der Waals surface area contributed by atoms with Crippen LogP contribution < -0.4 is 32.3 Å². The second-order valence-electron chi connectivity index (χ2n) is 14.7. The minimum atomic E-state index is -1.63. The number of nitrogens with two attached hydrogens (primary N) is 1. The molecule has 60 heavy (non-hydrogen) atoms. The zero-order valence-electron chi connectivity index (χ0n) is 34.2. The number of aromatic amines is 1. The van der Waals surface area contributed by atoms with Crippen LogP contribution in [0.3, 0.4) is 0 Å². The van der Waals surface area contributed by atoms with Gasteiger partial charge >= 0.3 is 18.1 Å². The van der Waals surface area contributed by atoms with E-state index in [0.717, 1.165) is 21.4 Å². The number of hydrogen-bond acceptors (Lipinski definition) is 8. The van der Waals surface area contributed by atoms with Crippen LogP contribution in [0.15, 0.2) is 85.1 Å². The Morgan fingerprint density at radius 3 is 2.15 bits per heavy atom. The summed E-state index contributed by atoms with van der Waals surface area (Å²) in [5.74, 6) is -4.79. The van der Waals surface area contributed by atoms with E-state index in [1.807, 2.05) is 43.3 Å². The minimum Gasteiger partial charge on any atom is -0.481 e. The van der Waals surface area contributed by atoms with Crippen LogP contribution in [0.25, 0.3) is 10.9 Å². The van der Waals surface area contributed by atoms with Crippen molar-refractivity contribution < 1.29 is 43.4 Å². The third-order valence-corrected chi connectivity index (χ3v) is 9.69. The number of unbranched alkanes of at least 4 members (excludes halogenated alkanes) is 1. The Hall–Kier alpha value is -6.91. The number of rotatable bonds is 21. The molecule has 0 unspecified atom stereocenters. The lowest BCUT2D eigenvalue weighted by Crippen LogP contribution is -2.59. The van der Waals surface area contributed by atoms with E-state index in [1.54, 1.807) is 62.5 Å². The number of aryl methyl sites for hydroxylation is 1. The standard InChI is InChI=1S/C43H54N8O9/c1-26(2)60-43(59)50-35(23-29-25-46-32-19-11-9-17-30(29)32)39(55)47-33(20-12-13-21-45-42(58)49-31-18-10-8-14-27(31)3)41(57)51(4)36(24-37(52)53)40(56)48-34(38(44)54)22-28-15-6-5-7-16-28/h5-11,14-19,25-26,33-36,46H,12-13,20-24H2,1-4H3,(H2,44,54)(H,47,55)(H,48,56)(H,50,59)(H,52,53)(H2,45,49,58)/t33-,34-,35-,36-/m0/s1. The van der Waals surface area contributed by atoms with Gasteiger partial charge in [0.25, 0.3) is 0 Å². The maximum Gasteiger partial charge on any atom is 0.408 e. The van der Waals surface area contributed by atoms with Crippen molar-refractivity contribution >= 4 is 58.3 Å². The number of aromatic nitrogens is 1. The average molecular weight is 827 g/mol. The number of benzene rings is 3. The number of amides is 7. The summed E-state index contributed by atoms with van der Waals surface area (Å²) in [5.41, 5.74) is 9.31. The molecule has 1 aromatic heterocycles. The lowest BCUT2D eigenvalue weighted by molar-refractivity contribution is -0.147. The van der Waals surface area contributed by atoms with Crippen LogP contribution in [0.1, 0.15) is 56.2 Å². The van der Waals surface area contributed by atoms with Gasteiger partial charge in [-0.3, -0.25) is 24.0 Å². The van der Waals surface area contributed by atoms with Gasteiger partial charge < -0.3 is 52.0 Å². The van der Waals surface area contributed by atoms with Crippen molar-refractivity contribution in [3.63, 3.8) is 0 Å². The topological polar surface area (TPSA) is 254 Å². The number of ether oxygens (including phenoxy) is 1. The van der Waals surface area contributed by atoms with Crippen LogP contribution in [0.5, 0.6) is 0 Å². The van der Waals surface area contributed by atoms with E-state index >= 15 is 0 Å². The number of H-pyrrole nitrogens is 1. The smallest absolute Gasteiger partial charge is 0.408 e. The van der Waals surface area contributed by atoms with E-state index in [1.165, 1.54) is 7.05 Å². The minimum absolute atomic E-state index is 0.000320. The van der Waals surface area contributed by atoms with E-state index in [-0.39, 0.29) is 32.2 Å². The monoisotopic (exact) mass is 826 g/mol. The number of nitrogens with zero attached hydrogens (tertiary/aromatic N) is 1. The summed E-state index contributed by atoms with van der Waals surface area (Å²) in [6.45, 7) is 5.36. The number of likely N-dealkylation sites (N-methyl/N-ethyl adjacent to an activating group) is 1. The van der Waals surface area contributed by atoms with E-state index in [2.05, 4.69) is 31.6 Å². The van der Waals surface area contributed by atoms with Crippen molar-refractivity contribution in [1.82, 2.24) is 31.2 Å². The molecule has 0 saturated heterocycles. The first-order valence-corrected chi connectivity index (χ1v) is 19.7. The molecular weight excluding hydrogens is 773 g/mol. The first-order valence-electron chi connectivity index (χ1n) is 19.7. The van der Waals surface area contributed by atoms with Gasteiger partial charge in [0, 0.05) is 49.2 Å². The Bertz CT molecular complexity index is 2120. The maximum absolute atomic E-state index is 14.4. The molecule has 3 aromatic carbocycles. The van der Waals surface area contributed by atoms with E-state index in [0.29, 0.717) is 23.2 Å². The summed E-state index contributed by atoms with van der Waals surface area (Å²) < 4.78 is 5.28. The molecule has 4 rings (SSSR count). The molecule has 0 spiro atoms. The predicted octanol–water partition coefficient (Wildman–Crippen LogP) is 3.51. The van der Waals surface area contributed by atoms with Gasteiger partial charge in [0.15, 0.2) is 0 Å². The Labute approximate surface area is 348 Å². The van der Waals surface area contributed by atoms with E-state index in [4.69, 9.17) is 10.5 Å². The molecular formula is C43H54N8O9. The Morgan fingerprint density at radius 1 is 0.800 bits per heavy atom. The molecule has 0 aliphatic heterocycles. The number of carbonyl (C=O) groups is 7. The van der Waals surface area contributed by atoms with Gasteiger partial charge in [-0.25, -0.2) is 9.59 Å². The van der Waals surface area contributed by atoms with Crippen LogP contribution >= 0.6 is 0 Å². The number of carbonyl (C=O) groups excluding carboxylic acids is 6. The molecule has 7 amide bonds. The third kappa shape index (κ3) is 13.9. The molecule has 4 atom stereocenters. The normalized spacial score (nSPS) is 12.9.